The average Bonchev–Trinajstić information content (AvgIpc) is 2.46. The Morgan fingerprint density at radius 2 is 2.13 bits per heavy atom. The second-order valence-corrected chi connectivity index (χ2v) is 6.65. The van der Waals surface area contributed by atoms with E-state index in [1.807, 2.05) is 36.1 Å². The van der Waals surface area contributed by atoms with E-state index in [-0.39, 0.29) is 24.7 Å². The lowest BCUT2D eigenvalue weighted by Gasteiger charge is -2.42. The quantitative estimate of drug-likeness (QED) is 0.673. The molecule has 1 aliphatic rings. The maximum Gasteiger partial charge on any atom is 0.317 e. The van der Waals surface area contributed by atoms with Gasteiger partial charge in [-0.3, -0.25) is 9.69 Å². The molecule has 0 spiro atoms. The van der Waals surface area contributed by atoms with Gasteiger partial charge in [0.1, 0.15) is 0 Å². The Hall–Kier alpha value is -1.60. The summed E-state index contributed by atoms with van der Waals surface area (Å²) in [5.41, 5.74) is 1.03. The van der Waals surface area contributed by atoms with Crippen molar-refractivity contribution in [3.63, 3.8) is 0 Å². The maximum atomic E-state index is 11.9. The van der Waals surface area contributed by atoms with E-state index in [1.54, 1.807) is 0 Å². The van der Waals surface area contributed by atoms with E-state index in [9.17, 15) is 9.59 Å². The molecular weight excluding hydrogens is 362 g/mol. The molecule has 126 valence electrons. The number of hydrogen-bond acceptors (Lipinski definition) is 3. The summed E-state index contributed by atoms with van der Waals surface area (Å²) in [7, 11) is 0. The van der Waals surface area contributed by atoms with Crippen molar-refractivity contribution in [3.05, 3.63) is 34.3 Å². The predicted molar refractivity (Wildman–Crippen MR) is 91.2 cm³/mol. The lowest BCUT2D eigenvalue weighted by molar-refractivity contribution is -0.139. The Bertz CT molecular complexity index is 561. The first-order chi connectivity index (χ1) is 11.0. The second kappa shape index (κ2) is 8.31. The normalized spacial score (nSPS) is 20.0. The molecule has 0 saturated heterocycles. The number of carbonyl (C=O) groups excluding carboxylic acids is 1. The molecule has 7 heteroatoms. The number of benzene rings is 1. The van der Waals surface area contributed by atoms with Gasteiger partial charge in [0.25, 0.3) is 0 Å². The zero-order valence-electron chi connectivity index (χ0n) is 13.1. The highest BCUT2D eigenvalue weighted by molar-refractivity contribution is 9.10. The van der Waals surface area contributed by atoms with Gasteiger partial charge in [-0.2, -0.15) is 0 Å². The van der Waals surface area contributed by atoms with Crippen LogP contribution in [0.3, 0.4) is 0 Å². The van der Waals surface area contributed by atoms with Gasteiger partial charge in [0.05, 0.1) is 6.54 Å². The van der Waals surface area contributed by atoms with E-state index in [2.05, 4.69) is 26.6 Å². The van der Waals surface area contributed by atoms with Gasteiger partial charge in [-0.15, -0.1) is 0 Å². The largest absolute Gasteiger partial charge is 0.480 e. The van der Waals surface area contributed by atoms with Crippen molar-refractivity contribution in [2.75, 3.05) is 13.1 Å². The Balaban J connectivity index is 1.68. The van der Waals surface area contributed by atoms with Crippen LogP contribution in [0.15, 0.2) is 28.7 Å². The Morgan fingerprint density at radius 1 is 1.39 bits per heavy atom. The number of urea groups is 1. The molecule has 3 N–H and O–H groups in total. The van der Waals surface area contributed by atoms with Crippen LogP contribution in [0.5, 0.6) is 0 Å². The summed E-state index contributed by atoms with van der Waals surface area (Å²) in [4.78, 5) is 24.6. The van der Waals surface area contributed by atoms with Crippen molar-refractivity contribution >= 4 is 27.9 Å². The topological polar surface area (TPSA) is 81.7 Å². The molecule has 1 aliphatic carbocycles. The minimum Gasteiger partial charge on any atom is -0.480 e. The molecule has 0 atom stereocenters. The number of nitrogens with one attached hydrogen (secondary N) is 2. The molecule has 6 nitrogen and oxygen atoms in total. The van der Waals surface area contributed by atoms with Gasteiger partial charge in [-0.05, 0) is 37.1 Å². The number of carboxylic acids is 1. The highest BCUT2D eigenvalue weighted by Gasteiger charge is 2.34. The average molecular weight is 384 g/mol. The van der Waals surface area contributed by atoms with E-state index < -0.39 is 5.97 Å². The fraction of sp³-hybridized carbons (Fsp3) is 0.500. The van der Waals surface area contributed by atoms with Crippen LogP contribution in [0.2, 0.25) is 0 Å². The fourth-order valence-corrected chi connectivity index (χ4v) is 3.19. The number of amides is 2. The first-order valence-corrected chi connectivity index (χ1v) is 8.52. The van der Waals surface area contributed by atoms with Gasteiger partial charge in [0.15, 0.2) is 0 Å². The van der Waals surface area contributed by atoms with E-state index >= 15 is 0 Å². The standard InChI is InChI=1S/C16H22BrN3O3/c1-2-20(10-15(21)22)14-7-13(8-14)19-16(23)18-9-11-4-3-5-12(17)6-11/h3-6,13-14H,2,7-10H2,1H3,(H,21,22)(H2,18,19,23). The molecule has 1 saturated carbocycles. The monoisotopic (exact) mass is 383 g/mol. The van der Waals surface area contributed by atoms with Crippen LogP contribution < -0.4 is 10.6 Å². The maximum absolute atomic E-state index is 11.9. The summed E-state index contributed by atoms with van der Waals surface area (Å²) in [5, 5.41) is 14.6. The number of rotatable bonds is 7. The van der Waals surface area contributed by atoms with Crippen LogP contribution in [0.4, 0.5) is 4.79 Å². The van der Waals surface area contributed by atoms with Gasteiger partial charge < -0.3 is 15.7 Å². The van der Waals surface area contributed by atoms with Crippen molar-refractivity contribution in [3.8, 4) is 0 Å². The lowest BCUT2D eigenvalue weighted by Crippen LogP contribution is -2.56. The molecule has 0 bridgehead atoms. The third-order valence-electron chi connectivity index (χ3n) is 4.05. The highest BCUT2D eigenvalue weighted by Crippen LogP contribution is 2.25. The van der Waals surface area contributed by atoms with Crippen molar-refractivity contribution < 1.29 is 14.7 Å². The summed E-state index contributed by atoms with van der Waals surface area (Å²) in [6.45, 7) is 3.19. The molecular formula is C16H22BrN3O3. The van der Waals surface area contributed by atoms with Gasteiger partial charge in [-0.1, -0.05) is 35.0 Å². The number of hydrogen-bond donors (Lipinski definition) is 3. The van der Waals surface area contributed by atoms with Crippen LogP contribution in [-0.4, -0.2) is 47.2 Å². The first kappa shape index (κ1) is 17.7. The molecule has 2 amide bonds. The number of carboxylic acid groups (broad SMARTS) is 1. The number of aliphatic carboxylic acids is 1. The summed E-state index contributed by atoms with van der Waals surface area (Å²) < 4.78 is 0.983. The minimum atomic E-state index is -0.810. The van der Waals surface area contributed by atoms with Gasteiger partial charge >= 0.3 is 12.0 Å². The summed E-state index contributed by atoms with van der Waals surface area (Å²) in [5.74, 6) is -0.810. The van der Waals surface area contributed by atoms with Crippen LogP contribution in [0, 0.1) is 0 Å². The molecule has 0 heterocycles. The van der Waals surface area contributed by atoms with Crippen LogP contribution in [0.1, 0.15) is 25.3 Å². The number of likely N-dealkylation sites (N-methyl/N-ethyl adjacent to an activating group) is 1. The number of carbonyl (C=O) groups is 2. The third-order valence-corrected chi connectivity index (χ3v) is 4.54. The van der Waals surface area contributed by atoms with E-state index in [0.717, 1.165) is 22.9 Å². The Morgan fingerprint density at radius 3 is 2.74 bits per heavy atom. The summed E-state index contributed by atoms with van der Waals surface area (Å²) in [6.07, 6.45) is 1.59. The van der Waals surface area contributed by atoms with Crippen molar-refractivity contribution in [2.24, 2.45) is 0 Å². The third kappa shape index (κ3) is 5.51. The minimum absolute atomic E-state index is 0.0585. The zero-order valence-corrected chi connectivity index (χ0v) is 14.7. The summed E-state index contributed by atoms with van der Waals surface area (Å²) in [6, 6.07) is 7.96. The van der Waals surface area contributed by atoms with Crippen molar-refractivity contribution in [1.82, 2.24) is 15.5 Å². The lowest BCUT2D eigenvalue weighted by atomic mass is 9.85. The smallest absolute Gasteiger partial charge is 0.317 e. The van der Waals surface area contributed by atoms with Gasteiger partial charge in [-0.25, -0.2) is 4.79 Å². The first-order valence-electron chi connectivity index (χ1n) is 7.72. The Labute approximate surface area is 144 Å². The van der Waals surface area contributed by atoms with Crippen LogP contribution >= 0.6 is 15.9 Å². The van der Waals surface area contributed by atoms with Crippen LogP contribution in [0.25, 0.3) is 0 Å². The molecule has 0 radical (unpaired) electrons. The molecule has 1 aromatic rings. The number of halogens is 1. The van der Waals surface area contributed by atoms with Crippen molar-refractivity contribution in [2.45, 2.75) is 38.4 Å². The molecule has 2 rings (SSSR count). The van der Waals surface area contributed by atoms with Gasteiger partial charge in [0, 0.05) is 23.1 Å². The fourth-order valence-electron chi connectivity index (χ4n) is 2.74. The number of nitrogens with zero attached hydrogens (tertiary/aromatic N) is 1. The zero-order chi connectivity index (χ0) is 16.8. The molecule has 1 aromatic carbocycles. The SMILES string of the molecule is CCN(CC(=O)O)C1CC(NC(=O)NCc2cccc(Br)c2)C1. The predicted octanol–water partition coefficient (Wildman–Crippen LogP) is 2.19. The Kier molecular flexibility index (Phi) is 6.41. The van der Waals surface area contributed by atoms with E-state index in [1.165, 1.54) is 0 Å². The van der Waals surface area contributed by atoms with E-state index in [4.69, 9.17) is 5.11 Å². The molecule has 1 fully saturated rings. The van der Waals surface area contributed by atoms with Crippen molar-refractivity contribution in [1.29, 1.82) is 0 Å². The molecule has 0 aliphatic heterocycles. The molecule has 0 unspecified atom stereocenters. The molecule has 23 heavy (non-hydrogen) atoms. The van der Waals surface area contributed by atoms with Crippen LogP contribution in [-0.2, 0) is 11.3 Å². The van der Waals surface area contributed by atoms with E-state index in [0.29, 0.717) is 13.1 Å². The highest BCUT2D eigenvalue weighted by atomic mass is 79.9. The second-order valence-electron chi connectivity index (χ2n) is 5.74. The van der Waals surface area contributed by atoms with Gasteiger partial charge in [0.2, 0.25) is 0 Å². The summed E-state index contributed by atoms with van der Waals surface area (Å²) >= 11 is 3.40. The molecule has 0 aromatic heterocycles.